The Morgan fingerprint density at radius 3 is 2.09 bits per heavy atom. The van der Waals surface area contributed by atoms with Crippen LogP contribution in [-0.4, -0.2) is 50.8 Å². The van der Waals surface area contributed by atoms with Crippen LogP contribution in [0, 0.1) is 5.92 Å². The van der Waals surface area contributed by atoms with Crippen molar-refractivity contribution in [3.05, 3.63) is 54.1 Å². The van der Waals surface area contributed by atoms with E-state index in [0.29, 0.717) is 30.1 Å². The summed E-state index contributed by atoms with van der Waals surface area (Å²) in [7, 11) is -1.99. The molecule has 33 heavy (non-hydrogen) atoms. The van der Waals surface area contributed by atoms with Crippen molar-refractivity contribution >= 4 is 27.5 Å². The lowest BCUT2D eigenvalue weighted by Gasteiger charge is -2.26. The topological polar surface area (TPSA) is 105 Å². The fourth-order valence-electron chi connectivity index (χ4n) is 3.69. The Labute approximate surface area is 195 Å². The lowest BCUT2D eigenvalue weighted by atomic mass is 10.0. The molecule has 8 nitrogen and oxygen atoms in total. The van der Waals surface area contributed by atoms with Crippen molar-refractivity contribution in [3.8, 4) is 5.75 Å². The van der Waals surface area contributed by atoms with Crippen molar-refractivity contribution < 1.29 is 22.7 Å². The third-order valence-electron chi connectivity index (χ3n) is 5.66. The second-order valence-corrected chi connectivity index (χ2v) is 10.3. The first-order valence-electron chi connectivity index (χ1n) is 11.1. The quantitative estimate of drug-likeness (QED) is 0.612. The molecule has 0 bridgehead atoms. The van der Waals surface area contributed by atoms with Crippen LogP contribution in [0.5, 0.6) is 5.75 Å². The number of hydrogen-bond donors (Lipinski definition) is 2. The van der Waals surface area contributed by atoms with Gasteiger partial charge in [-0.15, -0.1) is 0 Å². The van der Waals surface area contributed by atoms with Gasteiger partial charge in [0.15, 0.2) is 0 Å². The number of rotatable bonds is 8. The maximum atomic E-state index is 12.9. The van der Waals surface area contributed by atoms with Crippen molar-refractivity contribution in [2.45, 2.75) is 44.0 Å². The summed E-state index contributed by atoms with van der Waals surface area (Å²) < 4.78 is 32.2. The summed E-state index contributed by atoms with van der Waals surface area (Å²) in [5, 5.41) is 5.55. The van der Waals surface area contributed by atoms with Crippen molar-refractivity contribution in [2.75, 3.05) is 25.5 Å². The Morgan fingerprint density at radius 2 is 1.55 bits per heavy atom. The van der Waals surface area contributed by atoms with Crippen molar-refractivity contribution in [1.29, 1.82) is 0 Å². The number of methoxy groups -OCH3 is 1. The SMILES string of the molecule is COc1ccc(C(=O)NC(C(=O)Nc2ccc(S(=O)(=O)N3CCCCC3)cc2)C(C)C)cc1. The first-order valence-corrected chi connectivity index (χ1v) is 12.5. The summed E-state index contributed by atoms with van der Waals surface area (Å²) >= 11 is 0. The van der Waals surface area contributed by atoms with Crippen LogP contribution in [0.15, 0.2) is 53.4 Å². The maximum absolute atomic E-state index is 12.9. The number of sulfonamides is 1. The highest BCUT2D eigenvalue weighted by Gasteiger charge is 2.27. The highest BCUT2D eigenvalue weighted by atomic mass is 32.2. The third kappa shape index (κ3) is 6.11. The Hall–Kier alpha value is -2.91. The van der Waals surface area contributed by atoms with Gasteiger partial charge in [0, 0.05) is 24.3 Å². The summed E-state index contributed by atoms with van der Waals surface area (Å²) in [6.45, 7) is 4.75. The van der Waals surface area contributed by atoms with Gasteiger partial charge in [-0.05, 0) is 67.3 Å². The molecule has 3 rings (SSSR count). The Morgan fingerprint density at radius 1 is 0.939 bits per heavy atom. The molecule has 9 heteroatoms. The molecule has 2 N–H and O–H groups in total. The second kappa shape index (κ2) is 10.8. The number of nitrogens with one attached hydrogen (secondary N) is 2. The molecule has 0 saturated carbocycles. The van der Waals surface area contributed by atoms with E-state index >= 15 is 0 Å². The Balaban J connectivity index is 1.66. The Kier molecular flexibility index (Phi) is 8.10. The van der Waals surface area contributed by atoms with E-state index in [1.165, 1.54) is 16.4 Å². The van der Waals surface area contributed by atoms with Gasteiger partial charge in [-0.3, -0.25) is 9.59 Å². The van der Waals surface area contributed by atoms with E-state index in [0.717, 1.165) is 19.3 Å². The zero-order valence-electron chi connectivity index (χ0n) is 19.2. The van der Waals surface area contributed by atoms with E-state index in [1.807, 2.05) is 13.8 Å². The predicted octanol–water partition coefficient (Wildman–Crippen LogP) is 3.26. The van der Waals surface area contributed by atoms with Crippen molar-refractivity contribution in [3.63, 3.8) is 0 Å². The summed E-state index contributed by atoms with van der Waals surface area (Å²) in [6.07, 6.45) is 2.78. The summed E-state index contributed by atoms with van der Waals surface area (Å²) in [4.78, 5) is 25.7. The molecule has 1 heterocycles. The van der Waals surface area contributed by atoms with Gasteiger partial charge in [0.1, 0.15) is 11.8 Å². The minimum absolute atomic E-state index is 0.161. The average molecular weight is 474 g/mol. The average Bonchev–Trinajstić information content (AvgIpc) is 2.83. The summed E-state index contributed by atoms with van der Waals surface area (Å²) in [5.74, 6) is -0.269. The molecule has 0 spiro atoms. The van der Waals surface area contributed by atoms with E-state index in [4.69, 9.17) is 4.74 Å². The lowest BCUT2D eigenvalue weighted by molar-refractivity contribution is -0.118. The minimum Gasteiger partial charge on any atom is -0.497 e. The van der Waals surface area contributed by atoms with Crippen LogP contribution in [-0.2, 0) is 14.8 Å². The van der Waals surface area contributed by atoms with E-state index in [1.54, 1.807) is 43.5 Å². The molecule has 178 valence electrons. The van der Waals surface area contributed by atoms with Crippen LogP contribution >= 0.6 is 0 Å². The maximum Gasteiger partial charge on any atom is 0.251 e. The monoisotopic (exact) mass is 473 g/mol. The molecule has 1 saturated heterocycles. The number of benzene rings is 2. The molecule has 2 aromatic carbocycles. The zero-order chi connectivity index (χ0) is 24.0. The van der Waals surface area contributed by atoms with Crippen LogP contribution in [0.25, 0.3) is 0 Å². The molecular formula is C24H31N3O5S. The van der Waals surface area contributed by atoms with Crippen LogP contribution in [0.2, 0.25) is 0 Å². The number of amides is 2. The molecule has 1 aliphatic heterocycles. The van der Waals surface area contributed by atoms with Gasteiger partial charge in [-0.25, -0.2) is 8.42 Å². The number of carbonyl (C=O) groups is 2. The number of ether oxygens (including phenoxy) is 1. The van der Waals surface area contributed by atoms with Gasteiger partial charge in [-0.2, -0.15) is 4.31 Å². The number of carbonyl (C=O) groups excluding carboxylic acids is 2. The molecule has 0 aromatic heterocycles. The molecule has 1 fully saturated rings. The number of piperidine rings is 1. The molecule has 0 radical (unpaired) electrons. The molecule has 2 aromatic rings. The van der Waals surface area contributed by atoms with E-state index < -0.39 is 16.1 Å². The zero-order valence-corrected chi connectivity index (χ0v) is 20.0. The molecule has 1 unspecified atom stereocenters. The van der Waals surface area contributed by atoms with Crippen LogP contribution < -0.4 is 15.4 Å². The fourth-order valence-corrected chi connectivity index (χ4v) is 5.20. The fraction of sp³-hybridized carbons (Fsp3) is 0.417. The van der Waals surface area contributed by atoms with Gasteiger partial charge >= 0.3 is 0 Å². The second-order valence-electron chi connectivity index (χ2n) is 8.40. The lowest BCUT2D eigenvalue weighted by Crippen LogP contribution is -2.47. The van der Waals surface area contributed by atoms with Gasteiger partial charge < -0.3 is 15.4 Å². The van der Waals surface area contributed by atoms with Crippen molar-refractivity contribution in [1.82, 2.24) is 9.62 Å². The largest absolute Gasteiger partial charge is 0.497 e. The summed E-state index contributed by atoms with van der Waals surface area (Å²) in [5.41, 5.74) is 0.878. The van der Waals surface area contributed by atoms with Gasteiger partial charge in [0.25, 0.3) is 5.91 Å². The first-order chi connectivity index (χ1) is 15.7. The van der Waals surface area contributed by atoms with Crippen LogP contribution in [0.1, 0.15) is 43.5 Å². The highest BCUT2D eigenvalue weighted by molar-refractivity contribution is 7.89. The van der Waals surface area contributed by atoms with Crippen molar-refractivity contribution in [2.24, 2.45) is 5.92 Å². The molecule has 0 aliphatic carbocycles. The number of anilines is 1. The first kappa shape index (κ1) is 24.7. The van der Waals surface area contributed by atoms with Crippen LogP contribution in [0.4, 0.5) is 5.69 Å². The van der Waals surface area contributed by atoms with Gasteiger partial charge in [-0.1, -0.05) is 20.3 Å². The molecule has 1 atom stereocenters. The highest BCUT2D eigenvalue weighted by Crippen LogP contribution is 2.22. The predicted molar refractivity (Wildman–Crippen MR) is 127 cm³/mol. The normalized spacial score (nSPS) is 15.6. The Bertz CT molecular complexity index is 1060. The smallest absolute Gasteiger partial charge is 0.251 e. The van der Waals surface area contributed by atoms with Gasteiger partial charge in [0.05, 0.1) is 12.0 Å². The van der Waals surface area contributed by atoms with E-state index in [2.05, 4.69) is 10.6 Å². The van der Waals surface area contributed by atoms with Gasteiger partial charge in [0.2, 0.25) is 15.9 Å². The standard InChI is InChI=1S/C24H31N3O5S/c1-17(2)22(26-23(28)18-7-11-20(32-3)12-8-18)24(29)25-19-9-13-21(14-10-19)33(30,31)27-15-5-4-6-16-27/h7-14,17,22H,4-6,15-16H2,1-3H3,(H,25,29)(H,26,28). The third-order valence-corrected chi connectivity index (χ3v) is 7.58. The molecule has 1 aliphatic rings. The number of nitrogens with zero attached hydrogens (tertiary/aromatic N) is 1. The minimum atomic E-state index is -3.53. The number of hydrogen-bond acceptors (Lipinski definition) is 5. The molecular weight excluding hydrogens is 442 g/mol. The van der Waals surface area contributed by atoms with E-state index in [9.17, 15) is 18.0 Å². The summed E-state index contributed by atoms with van der Waals surface area (Å²) in [6, 6.07) is 12.0. The molecule has 2 amide bonds. The van der Waals surface area contributed by atoms with E-state index in [-0.39, 0.29) is 22.6 Å². The van der Waals surface area contributed by atoms with Crippen LogP contribution in [0.3, 0.4) is 0 Å².